The Morgan fingerprint density at radius 2 is 1.69 bits per heavy atom. The summed E-state index contributed by atoms with van der Waals surface area (Å²) in [4.78, 5) is 13.4. The van der Waals surface area contributed by atoms with Crippen molar-refractivity contribution in [1.82, 2.24) is 15.0 Å². The Morgan fingerprint density at radius 3 is 2.04 bits per heavy atom. The van der Waals surface area contributed by atoms with Crippen molar-refractivity contribution < 1.29 is 18.5 Å². The van der Waals surface area contributed by atoms with Gasteiger partial charge in [-0.25, -0.2) is 4.98 Å². The maximum Gasteiger partial charge on any atom is 0.350 e. The predicted octanol–water partition coefficient (Wildman–Crippen LogP) is 5.14. The van der Waals surface area contributed by atoms with Gasteiger partial charge in [0.2, 0.25) is 0 Å². The van der Waals surface area contributed by atoms with E-state index in [4.69, 9.17) is 13.9 Å². The monoisotopic (exact) mass is 389 g/mol. The summed E-state index contributed by atoms with van der Waals surface area (Å²) < 4.78 is 25.1. The van der Waals surface area contributed by atoms with Crippen LogP contribution in [0.1, 0.15) is 74.1 Å². The first-order valence-electron chi connectivity index (χ1n) is 9.20. The van der Waals surface area contributed by atoms with Gasteiger partial charge < -0.3 is 14.0 Å². The van der Waals surface area contributed by atoms with Crippen LogP contribution < -0.4 is 0 Å². The van der Waals surface area contributed by atoms with Crippen molar-refractivity contribution >= 4 is 7.60 Å². The highest BCUT2D eigenvalue weighted by Gasteiger charge is 2.51. The summed E-state index contributed by atoms with van der Waals surface area (Å²) >= 11 is 0. The van der Waals surface area contributed by atoms with E-state index in [0.29, 0.717) is 13.2 Å². The molecule has 1 heterocycles. The number of imidazole rings is 1. The van der Waals surface area contributed by atoms with Crippen molar-refractivity contribution in [2.75, 3.05) is 13.2 Å². The summed E-state index contributed by atoms with van der Waals surface area (Å²) in [5.74, 6) is -0.583. The fourth-order valence-electron chi connectivity index (χ4n) is 2.79. The lowest BCUT2D eigenvalue weighted by Crippen LogP contribution is -2.53. The minimum Gasteiger partial charge on any atom is -0.346 e. The molecule has 0 bridgehead atoms. The highest BCUT2D eigenvalue weighted by Crippen LogP contribution is 2.61. The van der Waals surface area contributed by atoms with Gasteiger partial charge in [-0.1, -0.05) is 20.8 Å². The van der Waals surface area contributed by atoms with Gasteiger partial charge in [-0.05, 0) is 47.0 Å². The summed E-state index contributed by atoms with van der Waals surface area (Å²) in [5, 5.41) is 1.78. The largest absolute Gasteiger partial charge is 0.350 e. The molecule has 2 unspecified atom stereocenters. The maximum atomic E-state index is 13.7. The smallest absolute Gasteiger partial charge is 0.346 e. The van der Waals surface area contributed by atoms with Crippen LogP contribution in [-0.2, 0) is 18.5 Å². The van der Waals surface area contributed by atoms with E-state index in [1.807, 2.05) is 62.3 Å². The maximum absolute atomic E-state index is 13.7. The van der Waals surface area contributed by atoms with Gasteiger partial charge in [0, 0.05) is 5.54 Å². The highest BCUT2D eigenvalue weighted by molar-refractivity contribution is 7.54. The third-order valence-corrected chi connectivity index (χ3v) is 6.62. The molecule has 1 N–H and O–H groups in total. The van der Waals surface area contributed by atoms with Crippen LogP contribution in [0, 0.1) is 5.41 Å². The number of hydrogen-bond acceptors (Lipinski definition) is 6. The Kier molecular flexibility index (Phi) is 8.05. The van der Waals surface area contributed by atoms with Crippen LogP contribution in [0.3, 0.4) is 0 Å². The first-order chi connectivity index (χ1) is 11.9. The van der Waals surface area contributed by atoms with Gasteiger partial charge in [-0.3, -0.25) is 9.40 Å². The van der Waals surface area contributed by atoms with Gasteiger partial charge >= 0.3 is 7.60 Å². The second-order valence-corrected chi connectivity index (χ2v) is 10.5. The number of aromatic nitrogens is 2. The molecule has 152 valence electrons. The second kappa shape index (κ2) is 8.98. The standard InChI is InChI=1S/C18H36N3O4P/c1-10-23-26(22,24-11-2)16(17(4,5)6)21(18(7,8)9)25-14(3)15-12-19-13-20-15/h12-14,16H,10-11H2,1-9H3,(H,19,20). The Balaban J connectivity index is 3.36. The van der Waals surface area contributed by atoms with Crippen molar-refractivity contribution in [3.05, 3.63) is 18.2 Å². The lowest BCUT2D eigenvalue weighted by Gasteiger charge is -2.48. The summed E-state index contributed by atoms with van der Waals surface area (Å²) in [5.41, 5.74) is -0.00807. The van der Waals surface area contributed by atoms with E-state index in [9.17, 15) is 4.57 Å². The van der Waals surface area contributed by atoms with E-state index >= 15 is 0 Å². The number of H-pyrrole nitrogens is 1. The van der Waals surface area contributed by atoms with Crippen LogP contribution in [0.4, 0.5) is 0 Å². The van der Waals surface area contributed by atoms with Gasteiger partial charge in [0.1, 0.15) is 11.9 Å². The zero-order chi connectivity index (χ0) is 20.2. The van der Waals surface area contributed by atoms with Crippen LogP contribution >= 0.6 is 7.60 Å². The molecule has 0 fully saturated rings. The molecule has 0 amide bonds. The number of nitrogens with one attached hydrogen (secondary N) is 1. The Hall–Kier alpha value is -0.720. The van der Waals surface area contributed by atoms with E-state index < -0.39 is 24.3 Å². The molecule has 1 aromatic rings. The molecule has 2 atom stereocenters. The Morgan fingerprint density at radius 1 is 1.15 bits per heavy atom. The molecule has 0 aliphatic carbocycles. The number of aromatic amines is 1. The number of nitrogens with zero attached hydrogens (tertiary/aromatic N) is 2. The van der Waals surface area contributed by atoms with Gasteiger partial charge in [0.25, 0.3) is 0 Å². The molecular formula is C18H36N3O4P. The number of rotatable bonds is 9. The minimum absolute atomic E-state index is 0.293. The summed E-state index contributed by atoms with van der Waals surface area (Å²) in [7, 11) is -3.46. The number of hydroxylamine groups is 2. The topological polar surface area (TPSA) is 76.7 Å². The van der Waals surface area contributed by atoms with Crippen molar-refractivity contribution in [3.63, 3.8) is 0 Å². The molecule has 0 spiro atoms. The Bertz CT molecular complexity index is 568. The molecule has 7 nitrogen and oxygen atoms in total. The molecule has 0 radical (unpaired) electrons. The fraction of sp³-hybridized carbons (Fsp3) is 0.833. The van der Waals surface area contributed by atoms with Crippen molar-refractivity contribution in [1.29, 1.82) is 0 Å². The molecule has 1 aromatic heterocycles. The first kappa shape index (κ1) is 23.3. The quantitative estimate of drug-likeness (QED) is 0.465. The average Bonchev–Trinajstić information content (AvgIpc) is 2.98. The normalized spacial score (nSPS) is 16.1. The molecule has 8 heteroatoms. The van der Waals surface area contributed by atoms with E-state index in [1.54, 1.807) is 17.6 Å². The zero-order valence-electron chi connectivity index (χ0n) is 17.7. The first-order valence-corrected chi connectivity index (χ1v) is 10.8. The van der Waals surface area contributed by atoms with Crippen LogP contribution in [0.2, 0.25) is 0 Å². The van der Waals surface area contributed by atoms with E-state index in [0.717, 1.165) is 5.69 Å². The third-order valence-electron chi connectivity index (χ3n) is 3.80. The number of hydrogen-bond donors (Lipinski definition) is 1. The van der Waals surface area contributed by atoms with Gasteiger partial charge in [0.15, 0.2) is 0 Å². The van der Waals surface area contributed by atoms with Crippen LogP contribution in [0.5, 0.6) is 0 Å². The minimum atomic E-state index is -3.46. The summed E-state index contributed by atoms with van der Waals surface area (Å²) in [6.45, 7) is 18.3. The fourth-order valence-corrected chi connectivity index (χ4v) is 5.47. The van der Waals surface area contributed by atoms with Crippen LogP contribution in [-0.4, -0.2) is 39.6 Å². The Labute approximate surface area is 158 Å². The molecule has 26 heavy (non-hydrogen) atoms. The van der Waals surface area contributed by atoms with Crippen LogP contribution in [0.25, 0.3) is 0 Å². The summed E-state index contributed by atoms with van der Waals surface area (Å²) in [6.07, 6.45) is 3.05. The molecular weight excluding hydrogens is 353 g/mol. The predicted molar refractivity (Wildman–Crippen MR) is 104 cm³/mol. The molecule has 0 aromatic carbocycles. The van der Waals surface area contributed by atoms with Gasteiger partial charge in [0.05, 0.1) is 31.4 Å². The highest BCUT2D eigenvalue weighted by atomic mass is 31.2. The SMILES string of the molecule is CCOP(=O)(OCC)C(N(OC(C)c1cnc[nH]1)C(C)(C)C)C(C)(C)C. The van der Waals surface area contributed by atoms with E-state index in [-0.39, 0.29) is 6.10 Å². The van der Waals surface area contributed by atoms with Crippen LogP contribution in [0.15, 0.2) is 12.5 Å². The van der Waals surface area contributed by atoms with Crippen molar-refractivity contribution in [2.24, 2.45) is 5.41 Å². The summed E-state index contributed by atoms with van der Waals surface area (Å²) in [6, 6.07) is 0. The van der Waals surface area contributed by atoms with E-state index in [1.165, 1.54) is 0 Å². The zero-order valence-corrected chi connectivity index (χ0v) is 18.6. The molecule has 0 saturated heterocycles. The van der Waals surface area contributed by atoms with E-state index in [2.05, 4.69) is 9.97 Å². The molecule has 0 aliphatic rings. The molecule has 0 aliphatic heterocycles. The lowest BCUT2D eigenvalue weighted by atomic mass is 9.94. The lowest BCUT2D eigenvalue weighted by molar-refractivity contribution is -0.265. The van der Waals surface area contributed by atoms with Gasteiger partial charge in [-0.15, -0.1) is 0 Å². The third kappa shape index (κ3) is 5.89. The molecule has 0 saturated carbocycles. The molecule has 1 rings (SSSR count). The van der Waals surface area contributed by atoms with Crippen molar-refractivity contribution in [2.45, 2.75) is 79.7 Å². The van der Waals surface area contributed by atoms with Gasteiger partial charge in [-0.2, -0.15) is 5.06 Å². The van der Waals surface area contributed by atoms with Crippen molar-refractivity contribution in [3.8, 4) is 0 Å². The average molecular weight is 389 g/mol. The second-order valence-electron chi connectivity index (χ2n) is 8.37.